The van der Waals surface area contributed by atoms with Crippen LogP contribution in [-0.4, -0.2) is 51.0 Å². The smallest absolute Gasteiger partial charge is 0.233 e. The quantitative estimate of drug-likeness (QED) is 0.257. The molecule has 8 nitrogen and oxygen atoms in total. The highest BCUT2D eigenvalue weighted by atomic mass is 32.2. The fraction of sp³-hybridized carbons (Fsp3) is 0.407. The predicted molar refractivity (Wildman–Crippen MR) is 142 cm³/mol. The lowest BCUT2D eigenvalue weighted by molar-refractivity contribution is -0.121. The van der Waals surface area contributed by atoms with Crippen LogP contribution in [0.3, 0.4) is 0 Å². The second-order valence-electron chi connectivity index (χ2n) is 9.01. The average Bonchev–Trinajstić information content (AvgIpc) is 3.38. The number of aromatic nitrogens is 4. The van der Waals surface area contributed by atoms with Gasteiger partial charge in [0.1, 0.15) is 0 Å². The molecule has 1 fully saturated rings. The Bertz CT molecular complexity index is 1370. The van der Waals surface area contributed by atoms with Crippen molar-refractivity contribution in [2.45, 2.75) is 61.9 Å². The van der Waals surface area contributed by atoms with Gasteiger partial charge in [-0.15, -0.1) is 5.10 Å². The first-order valence-corrected chi connectivity index (χ1v) is 13.3. The average molecular weight is 506 g/mol. The van der Waals surface area contributed by atoms with E-state index in [1.54, 1.807) is 18.7 Å². The van der Waals surface area contributed by atoms with Crippen molar-refractivity contribution in [1.29, 1.82) is 0 Å². The number of fused-ring (bicyclic) bond motifs is 3. The van der Waals surface area contributed by atoms with Crippen LogP contribution >= 0.6 is 11.8 Å². The third-order valence-electron chi connectivity index (χ3n) is 6.64. The van der Waals surface area contributed by atoms with Gasteiger partial charge in [-0.05, 0) is 25.3 Å². The zero-order chi connectivity index (χ0) is 25.1. The summed E-state index contributed by atoms with van der Waals surface area (Å²) in [5, 5.41) is 9.21. The van der Waals surface area contributed by atoms with Crippen molar-refractivity contribution in [2.24, 2.45) is 0 Å². The second kappa shape index (κ2) is 10.7. The number of rotatable bonds is 8. The predicted octanol–water partition coefficient (Wildman–Crippen LogP) is 5.28. The van der Waals surface area contributed by atoms with Gasteiger partial charge in [-0.2, -0.15) is 4.52 Å². The van der Waals surface area contributed by atoms with E-state index in [1.165, 1.54) is 31.0 Å². The van der Waals surface area contributed by atoms with Crippen LogP contribution in [0.15, 0.2) is 47.6 Å². The molecule has 1 saturated carbocycles. The van der Waals surface area contributed by atoms with Crippen molar-refractivity contribution in [3.63, 3.8) is 0 Å². The van der Waals surface area contributed by atoms with Gasteiger partial charge in [0.25, 0.3) is 0 Å². The summed E-state index contributed by atoms with van der Waals surface area (Å²) in [5.74, 6) is 1.83. The summed E-state index contributed by atoms with van der Waals surface area (Å²) >= 11 is 1.43. The summed E-state index contributed by atoms with van der Waals surface area (Å²) in [6.07, 6.45) is 6.38. The molecule has 2 heterocycles. The van der Waals surface area contributed by atoms with Crippen LogP contribution in [0.5, 0.6) is 11.5 Å². The highest BCUT2D eigenvalue weighted by molar-refractivity contribution is 8.00. The van der Waals surface area contributed by atoms with E-state index in [0.717, 1.165) is 23.8 Å². The third kappa shape index (κ3) is 4.84. The molecule has 1 amide bonds. The summed E-state index contributed by atoms with van der Waals surface area (Å²) in [7, 11) is 3.21. The van der Waals surface area contributed by atoms with E-state index < -0.39 is 0 Å². The standard InChI is InChI=1S/C27H31N5O3S/c1-4-23(26(33)28-18-13-9-6-10-14-18)36-27-29-20-16-22(35-3)21(34-2)15-19(20)25-30-24(31-32(25)27)17-11-7-5-8-12-17/h5,7-8,11-12,15-16,18,23H,4,6,9-10,13-14H2,1-3H3,(H,28,33)/t23-/m1/s1. The number of amides is 1. The first-order chi connectivity index (χ1) is 17.6. The van der Waals surface area contributed by atoms with E-state index in [2.05, 4.69) is 5.32 Å². The maximum absolute atomic E-state index is 13.2. The SMILES string of the molecule is CC[C@@H](Sc1nc2cc(OC)c(OC)cc2c2nc(-c3ccccc3)nn12)C(=O)NC1CCCCC1. The monoisotopic (exact) mass is 505 g/mol. The lowest BCUT2D eigenvalue weighted by atomic mass is 9.95. The molecule has 2 aromatic carbocycles. The van der Waals surface area contributed by atoms with E-state index in [1.807, 2.05) is 49.4 Å². The molecule has 9 heteroatoms. The van der Waals surface area contributed by atoms with Crippen LogP contribution < -0.4 is 14.8 Å². The Kier molecular flexibility index (Phi) is 7.27. The molecule has 0 radical (unpaired) electrons. The van der Waals surface area contributed by atoms with Gasteiger partial charge >= 0.3 is 0 Å². The first-order valence-electron chi connectivity index (χ1n) is 12.5. The lowest BCUT2D eigenvalue weighted by Crippen LogP contribution is -2.41. The molecule has 1 aliphatic carbocycles. The van der Waals surface area contributed by atoms with Crippen LogP contribution in [-0.2, 0) is 4.79 Å². The Balaban J connectivity index is 1.58. The van der Waals surface area contributed by atoms with Gasteiger partial charge in [0.05, 0.1) is 25.0 Å². The maximum Gasteiger partial charge on any atom is 0.233 e. The summed E-state index contributed by atoms with van der Waals surface area (Å²) < 4.78 is 12.8. The van der Waals surface area contributed by atoms with Crippen LogP contribution in [0.2, 0.25) is 0 Å². The molecule has 2 aromatic heterocycles. The Morgan fingerprint density at radius 2 is 1.81 bits per heavy atom. The molecule has 0 aliphatic heterocycles. The molecule has 0 spiro atoms. The summed E-state index contributed by atoms with van der Waals surface area (Å²) in [6, 6.07) is 13.8. The maximum atomic E-state index is 13.2. The Morgan fingerprint density at radius 3 is 2.50 bits per heavy atom. The normalized spacial score (nSPS) is 15.2. The number of nitrogens with zero attached hydrogens (tertiary/aromatic N) is 4. The number of hydrogen-bond acceptors (Lipinski definition) is 7. The van der Waals surface area contributed by atoms with Gasteiger partial charge in [-0.3, -0.25) is 4.79 Å². The fourth-order valence-corrected chi connectivity index (χ4v) is 5.66. The molecule has 0 saturated heterocycles. The van der Waals surface area contributed by atoms with Crippen molar-refractivity contribution in [3.8, 4) is 22.9 Å². The Labute approximate surface area is 214 Å². The molecule has 4 aromatic rings. The van der Waals surface area contributed by atoms with Gasteiger partial charge in [-0.25, -0.2) is 9.97 Å². The zero-order valence-electron chi connectivity index (χ0n) is 20.9. The highest BCUT2D eigenvalue weighted by Gasteiger charge is 2.26. The first kappa shape index (κ1) is 24.4. The lowest BCUT2D eigenvalue weighted by Gasteiger charge is -2.25. The van der Waals surface area contributed by atoms with Crippen LogP contribution in [0.25, 0.3) is 27.9 Å². The van der Waals surface area contributed by atoms with E-state index in [0.29, 0.717) is 40.1 Å². The van der Waals surface area contributed by atoms with E-state index in [-0.39, 0.29) is 17.2 Å². The van der Waals surface area contributed by atoms with Gasteiger partial charge in [0, 0.05) is 23.1 Å². The number of carbonyl (C=O) groups is 1. The molecule has 188 valence electrons. The van der Waals surface area contributed by atoms with Gasteiger partial charge in [-0.1, -0.05) is 68.3 Å². The summed E-state index contributed by atoms with van der Waals surface area (Å²) in [5.41, 5.74) is 2.27. The minimum Gasteiger partial charge on any atom is -0.493 e. The van der Waals surface area contributed by atoms with Crippen LogP contribution in [0.1, 0.15) is 45.4 Å². The molecule has 1 atom stereocenters. The number of carbonyl (C=O) groups excluding carboxylic acids is 1. The number of methoxy groups -OCH3 is 2. The number of thioether (sulfide) groups is 1. The highest BCUT2D eigenvalue weighted by Crippen LogP contribution is 2.36. The van der Waals surface area contributed by atoms with E-state index in [9.17, 15) is 4.79 Å². The van der Waals surface area contributed by atoms with Crippen molar-refractivity contribution < 1.29 is 14.3 Å². The van der Waals surface area contributed by atoms with E-state index in [4.69, 9.17) is 24.5 Å². The van der Waals surface area contributed by atoms with Gasteiger partial charge in [0.15, 0.2) is 28.1 Å². The Morgan fingerprint density at radius 1 is 1.08 bits per heavy atom. The summed E-state index contributed by atoms with van der Waals surface area (Å²) in [6.45, 7) is 2.03. The zero-order valence-corrected chi connectivity index (χ0v) is 21.7. The molecule has 36 heavy (non-hydrogen) atoms. The molecular weight excluding hydrogens is 474 g/mol. The Hall–Kier alpha value is -3.33. The van der Waals surface area contributed by atoms with E-state index >= 15 is 0 Å². The van der Waals surface area contributed by atoms with Crippen molar-refractivity contribution in [3.05, 3.63) is 42.5 Å². The van der Waals surface area contributed by atoms with Gasteiger partial charge in [0.2, 0.25) is 5.91 Å². The minimum absolute atomic E-state index is 0.0557. The molecular formula is C27H31N5O3S. The largest absolute Gasteiger partial charge is 0.493 e. The number of ether oxygens (including phenoxy) is 2. The van der Waals surface area contributed by atoms with Crippen LogP contribution in [0.4, 0.5) is 0 Å². The molecule has 1 aliphatic rings. The van der Waals surface area contributed by atoms with Crippen LogP contribution in [0, 0.1) is 0 Å². The molecule has 0 unspecified atom stereocenters. The minimum atomic E-state index is -0.287. The number of nitrogens with one attached hydrogen (secondary N) is 1. The number of benzene rings is 2. The fourth-order valence-electron chi connectivity index (χ4n) is 4.69. The second-order valence-corrected chi connectivity index (χ2v) is 10.2. The summed E-state index contributed by atoms with van der Waals surface area (Å²) in [4.78, 5) is 23.0. The molecule has 0 bridgehead atoms. The topological polar surface area (TPSA) is 90.6 Å². The van der Waals surface area contributed by atoms with Crippen molar-refractivity contribution in [2.75, 3.05) is 14.2 Å². The third-order valence-corrected chi connectivity index (χ3v) is 7.95. The molecule has 5 rings (SSSR count). The molecule has 1 N–H and O–H groups in total. The van der Waals surface area contributed by atoms with Gasteiger partial charge < -0.3 is 14.8 Å². The number of hydrogen-bond donors (Lipinski definition) is 1. The van der Waals surface area contributed by atoms with Crippen molar-refractivity contribution in [1.82, 2.24) is 24.9 Å². The van der Waals surface area contributed by atoms with Crippen molar-refractivity contribution >= 4 is 34.2 Å².